The number of carbonyl (C=O) groups excluding carboxylic acids is 1. The number of hydrogen-bond donors (Lipinski definition) is 1. The molecule has 1 aliphatic rings. The van der Waals surface area contributed by atoms with Crippen LogP contribution in [0.1, 0.15) is 28.4 Å². The highest BCUT2D eigenvalue weighted by molar-refractivity contribution is 5.94. The minimum absolute atomic E-state index is 0.0487. The van der Waals surface area contributed by atoms with Gasteiger partial charge < -0.3 is 9.80 Å². The zero-order valence-corrected chi connectivity index (χ0v) is 17.8. The van der Waals surface area contributed by atoms with E-state index in [4.69, 9.17) is 5.26 Å². The lowest BCUT2D eigenvalue weighted by molar-refractivity contribution is 0.0533. The van der Waals surface area contributed by atoms with Crippen LogP contribution in [0.15, 0.2) is 47.5 Å². The maximum absolute atomic E-state index is 13.0. The molecular formula is C23H24N6O2. The lowest BCUT2D eigenvalue weighted by atomic mass is 10.0. The van der Waals surface area contributed by atoms with Crippen LogP contribution in [0, 0.1) is 18.3 Å². The second kappa shape index (κ2) is 8.20. The van der Waals surface area contributed by atoms with Gasteiger partial charge in [0.15, 0.2) is 5.82 Å². The molecule has 1 atom stereocenters. The van der Waals surface area contributed by atoms with Crippen molar-refractivity contribution in [2.45, 2.75) is 19.9 Å². The quantitative estimate of drug-likeness (QED) is 0.706. The molecule has 4 rings (SSSR count). The van der Waals surface area contributed by atoms with Crippen molar-refractivity contribution in [3.63, 3.8) is 0 Å². The molecule has 0 radical (unpaired) electrons. The Morgan fingerprint density at radius 3 is 2.68 bits per heavy atom. The Morgan fingerprint density at radius 2 is 2.03 bits per heavy atom. The minimum atomic E-state index is -0.243. The van der Waals surface area contributed by atoms with Gasteiger partial charge in [-0.3, -0.25) is 14.7 Å². The van der Waals surface area contributed by atoms with E-state index in [1.807, 2.05) is 18.7 Å². The number of piperazine rings is 1. The molecule has 0 saturated carbocycles. The lowest BCUT2D eigenvalue weighted by Gasteiger charge is -2.38. The van der Waals surface area contributed by atoms with E-state index in [2.05, 4.69) is 28.1 Å². The lowest BCUT2D eigenvalue weighted by Crippen LogP contribution is -2.52. The Bertz CT molecular complexity index is 1220. The summed E-state index contributed by atoms with van der Waals surface area (Å²) in [6, 6.07) is 10.8. The summed E-state index contributed by atoms with van der Waals surface area (Å²) in [5.74, 6) is 0.359. The fourth-order valence-electron chi connectivity index (χ4n) is 4.02. The van der Waals surface area contributed by atoms with Crippen molar-refractivity contribution in [1.82, 2.24) is 24.6 Å². The van der Waals surface area contributed by atoms with Crippen molar-refractivity contribution < 1.29 is 4.79 Å². The number of carbonyl (C=O) groups is 1. The second-order valence-corrected chi connectivity index (χ2v) is 7.98. The summed E-state index contributed by atoms with van der Waals surface area (Å²) in [7, 11) is 2.05. The molecule has 1 saturated heterocycles. The van der Waals surface area contributed by atoms with Crippen LogP contribution in [0.4, 0.5) is 0 Å². The molecule has 1 N–H and O–H groups in total. The Balaban J connectivity index is 1.59. The van der Waals surface area contributed by atoms with Gasteiger partial charge in [-0.25, -0.2) is 9.67 Å². The standard InChI is InChI=1S/C23H24N6O2/c1-15-10-17(11-24)4-6-19(15)20-13-26-29(23(20)31)21-7-5-18(12-25-21)22(30)28-9-8-27(3)14-16(28)2/h4-7,10,12-13,16,26H,8-9,14H2,1-3H3/t16-/m1/s1. The summed E-state index contributed by atoms with van der Waals surface area (Å²) in [4.78, 5) is 34.3. The van der Waals surface area contributed by atoms with Crippen LogP contribution in [0.3, 0.4) is 0 Å². The van der Waals surface area contributed by atoms with Gasteiger partial charge in [0.25, 0.3) is 11.5 Å². The number of H-pyrrole nitrogens is 1. The Morgan fingerprint density at radius 1 is 1.23 bits per heavy atom. The monoisotopic (exact) mass is 416 g/mol. The van der Waals surface area contributed by atoms with E-state index in [0.717, 1.165) is 24.2 Å². The van der Waals surface area contributed by atoms with Gasteiger partial charge in [0.2, 0.25) is 0 Å². The van der Waals surface area contributed by atoms with Crippen molar-refractivity contribution in [3.05, 3.63) is 69.8 Å². The Hall–Kier alpha value is -3.70. The smallest absolute Gasteiger partial charge is 0.280 e. The molecule has 0 spiro atoms. The van der Waals surface area contributed by atoms with Crippen molar-refractivity contribution in [2.24, 2.45) is 0 Å². The van der Waals surface area contributed by atoms with Gasteiger partial charge in [-0.05, 0) is 56.3 Å². The summed E-state index contributed by atoms with van der Waals surface area (Å²) in [5, 5.41) is 12.0. The number of amides is 1. The van der Waals surface area contributed by atoms with Gasteiger partial charge in [0.05, 0.1) is 22.8 Å². The van der Waals surface area contributed by atoms with E-state index in [-0.39, 0.29) is 17.5 Å². The number of aryl methyl sites for hydroxylation is 1. The summed E-state index contributed by atoms with van der Waals surface area (Å²) in [6.45, 7) is 6.27. The van der Waals surface area contributed by atoms with Crippen LogP contribution in [-0.4, -0.2) is 63.2 Å². The molecule has 0 aliphatic carbocycles. The minimum Gasteiger partial charge on any atom is -0.333 e. The number of benzene rings is 1. The maximum atomic E-state index is 13.0. The number of nitrogens with zero attached hydrogens (tertiary/aromatic N) is 5. The number of nitriles is 1. The van der Waals surface area contributed by atoms with Crippen LogP contribution >= 0.6 is 0 Å². The topological polar surface area (TPSA) is 98.0 Å². The average molecular weight is 416 g/mol. The van der Waals surface area contributed by atoms with Gasteiger partial charge in [0.1, 0.15) is 0 Å². The molecule has 3 heterocycles. The second-order valence-electron chi connectivity index (χ2n) is 7.98. The van der Waals surface area contributed by atoms with E-state index < -0.39 is 0 Å². The third-order valence-corrected chi connectivity index (χ3v) is 5.73. The molecule has 158 valence electrons. The Kier molecular flexibility index (Phi) is 5.44. The summed E-state index contributed by atoms with van der Waals surface area (Å²) < 4.78 is 1.35. The first-order valence-electron chi connectivity index (χ1n) is 10.2. The zero-order chi connectivity index (χ0) is 22.1. The third-order valence-electron chi connectivity index (χ3n) is 5.73. The van der Waals surface area contributed by atoms with Gasteiger partial charge in [-0.2, -0.15) is 5.26 Å². The molecule has 2 aromatic heterocycles. The van der Waals surface area contributed by atoms with Crippen LogP contribution in [0.2, 0.25) is 0 Å². The Labute approximate surface area is 180 Å². The molecule has 1 aliphatic heterocycles. The third kappa shape index (κ3) is 3.88. The average Bonchev–Trinajstić information content (AvgIpc) is 3.14. The molecule has 8 heteroatoms. The zero-order valence-electron chi connectivity index (χ0n) is 17.8. The van der Waals surface area contributed by atoms with E-state index in [0.29, 0.717) is 29.1 Å². The van der Waals surface area contributed by atoms with Crippen molar-refractivity contribution in [1.29, 1.82) is 5.26 Å². The first kappa shape index (κ1) is 20.6. The van der Waals surface area contributed by atoms with E-state index in [1.54, 1.807) is 36.5 Å². The number of pyridine rings is 1. The van der Waals surface area contributed by atoms with Gasteiger partial charge in [-0.15, -0.1) is 0 Å². The SMILES string of the molecule is Cc1cc(C#N)ccc1-c1c[nH]n(-c2ccc(C(=O)N3CCN(C)C[C@H]3C)cn2)c1=O. The summed E-state index contributed by atoms with van der Waals surface area (Å²) >= 11 is 0. The number of hydrogen-bond acceptors (Lipinski definition) is 5. The van der Waals surface area contributed by atoms with E-state index >= 15 is 0 Å². The van der Waals surface area contributed by atoms with Gasteiger partial charge in [-0.1, -0.05) is 6.07 Å². The van der Waals surface area contributed by atoms with E-state index in [9.17, 15) is 9.59 Å². The normalized spacial score (nSPS) is 16.8. The van der Waals surface area contributed by atoms with Crippen molar-refractivity contribution >= 4 is 5.91 Å². The molecule has 0 bridgehead atoms. The van der Waals surface area contributed by atoms with Crippen LogP contribution in [-0.2, 0) is 0 Å². The van der Waals surface area contributed by atoms with Crippen molar-refractivity contribution in [3.8, 4) is 23.0 Å². The van der Waals surface area contributed by atoms with E-state index in [1.165, 1.54) is 10.9 Å². The number of rotatable bonds is 3. The fraction of sp³-hybridized carbons (Fsp3) is 0.304. The summed E-state index contributed by atoms with van der Waals surface area (Å²) in [5.41, 5.74) is 2.91. The van der Waals surface area contributed by atoms with Crippen LogP contribution in [0.25, 0.3) is 16.9 Å². The molecule has 1 aromatic carbocycles. The molecule has 0 unspecified atom stereocenters. The van der Waals surface area contributed by atoms with Gasteiger partial charge >= 0.3 is 0 Å². The summed E-state index contributed by atoms with van der Waals surface area (Å²) in [6.07, 6.45) is 3.14. The molecule has 1 amide bonds. The highest BCUT2D eigenvalue weighted by Crippen LogP contribution is 2.21. The van der Waals surface area contributed by atoms with Gasteiger partial charge in [0, 0.05) is 38.1 Å². The van der Waals surface area contributed by atoms with Crippen LogP contribution in [0.5, 0.6) is 0 Å². The molecular weight excluding hydrogens is 392 g/mol. The number of aromatic nitrogens is 3. The predicted octanol–water partition coefficient (Wildman–Crippen LogP) is 2.18. The molecule has 31 heavy (non-hydrogen) atoms. The first-order valence-corrected chi connectivity index (χ1v) is 10.2. The highest BCUT2D eigenvalue weighted by atomic mass is 16.2. The maximum Gasteiger partial charge on any atom is 0.280 e. The molecule has 3 aromatic rings. The fourth-order valence-corrected chi connectivity index (χ4v) is 4.02. The highest BCUT2D eigenvalue weighted by Gasteiger charge is 2.26. The van der Waals surface area contributed by atoms with Crippen LogP contribution < -0.4 is 5.56 Å². The number of likely N-dealkylation sites (N-methyl/N-ethyl adjacent to an activating group) is 1. The first-order chi connectivity index (χ1) is 14.9. The number of nitrogens with one attached hydrogen (secondary N) is 1. The predicted molar refractivity (Wildman–Crippen MR) is 117 cm³/mol. The molecule has 8 nitrogen and oxygen atoms in total. The largest absolute Gasteiger partial charge is 0.333 e. The molecule has 1 fully saturated rings. The van der Waals surface area contributed by atoms with Crippen molar-refractivity contribution in [2.75, 3.05) is 26.7 Å². The number of aromatic amines is 1.